The summed E-state index contributed by atoms with van der Waals surface area (Å²) >= 11 is 0. The molecule has 3 heteroatoms. The third-order valence-corrected chi connectivity index (χ3v) is 4.09. The molecule has 0 aliphatic heterocycles. The standard InChI is InChI=1S/C13H21N3/c1-16-9-11(8-15-16)7-13(5-2-6-13)10-14-12-3-4-12/h8-9,12,14H,2-7,10H2,1H3. The lowest BCUT2D eigenvalue weighted by atomic mass is 9.65. The molecule has 2 saturated carbocycles. The molecule has 0 spiro atoms. The van der Waals surface area contributed by atoms with Crippen molar-refractivity contribution in [2.75, 3.05) is 6.54 Å². The Hall–Kier alpha value is -0.830. The smallest absolute Gasteiger partial charge is 0.0521 e. The van der Waals surface area contributed by atoms with Crippen LogP contribution in [0.2, 0.25) is 0 Å². The highest BCUT2D eigenvalue weighted by Gasteiger charge is 2.38. The van der Waals surface area contributed by atoms with Crippen LogP contribution in [0.15, 0.2) is 12.4 Å². The monoisotopic (exact) mass is 219 g/mol. The first kappa shape index (κ1) is 10.3. The highest BCUT2D eigenvalue weighted by atomic mass is 15.2. The van der Waals surface area contributed by atoms with E-state index in [0.717, 1.165) is 6.04 Å². The molecule has 0 radical (unpaired) electrons. The Labute approximate surface area is 97.2 Å². The molecule has 1 heterocycles. The fourth-order valence-electron chi connectivity index (χ4n) is 2.74. The Bertz CT molecular complexity index is 361. The second-order valence-corrected chi connectivity index (χ2v) is 5.71. The predicted molar refractivity (Wildman–Crippen MR) is 64.2 cm³/mol. The minimum Gasteiger partial charge on any atom is -0.313 e. The van der Waals surface area contributed by atoms with Crippen LogP contribution in [0, 0.1) is 5.41 Å². The molecular formula is C13H21N3. The van der Waals surface area contributed by atoms with Crippen LogP contribution in [-0.2, 0) is 13.5 Å². The molecule has 2 aliphatic carbocycles. The Morgan fingerprint density at radius 1 is 1.50 bits per heavy atom. The van der Waals surface area contributed by atoms with Crippen LogP contribution in [-0.4, -0.2) is 22.4 Å². The van der Waals surface area contributed by atoms with E-state index in [1.165, 1.54) is 50.6 Å². The van der Waals surface area contributed by atoms with Gasteiger partial charge in [-0.2, -0.15) is 5.10 Å². The van der Waals surface area contributed by atoms with Crippen molar-refractivity contribution in [1.29, 1.82) is 0 Å². The summed E-state index contributed by atoms with van der Waals surface area (Å²) in [7, 11) is 2.00. The molecule has 1 N–H and O–H groups in total. The molecule has 0 atom stereocenters. The molecule has 0 bridgehead atoms. The number of hydrogen-bond acceptors (Lipinski definition) is 2. The van der Waals surface area contributed by atoms with Gasteiger partial charge in [0.15, 0.2) is 0 Å². The number of nitrogens with zero attached hydrogens (tertiary/aromatic N) is 2. The van der Waals surface area contributed by atoms with Crippen molar-refractivity contribution in [2.45, 2.75) is 44.6 Å². The molecule has 3 rings (SSSR count). The maximum absolute atomic E-state index is 4.26. The number of hydrogen-bond donors (Lipinski definition) is 1. The minimum atomic E-state index is 0.547. The quantitative estimate of drug-likeness (QED) is 0.819. The molecule has 2 fully saturated rings. The first-order valence-corrected chi connectivity index (χ1v) is 6.47. The number of aromatic nitrogens is 2. The summed E-state index contributed by atoms with van der Waals surface area (Å²) in [6.45, 7) is 1.21. The van der Waals surface area contributed by atoms with Crippen LogP contribution in [0.5, 0.6) is 0 Å². The summed E-state index contributed by atoms with van der Waals surface area (Å²) in [5.74, 6) is 0. The molecule has 1 aromatic rings. The largest absolute Gasteiger partial charge is 0.313 e. The van der Waals surface area contributed by atoms with Crippen LogP contribution in [0.4, 0.5) is 0 Å². The number of nitrogens with one attached hydrogen (secondary N) is 1. The van der Waals surface area contributed by atoms with Gasteiger partial charge in [0.05, 0.1) is 6.20 Å². The normalized spacial score (nSPS) is 23.1. The van der Waals surface area contributed by atoms with Gasteiger partial charge in [-0.1, -0.05) is 6.42 Å². The van der Waals surface area contributed by atoms with Crippen LogP contribution < -0.4 is 5.32 Å². The zero-order valence-corrected chi connectivity index (χ0v) is 10.1. The fourth-order valence-corrected chi connectivity index (χ4v) is 2.74. The van der Waals surface area contributed by atoms with Crippen molar-refractivity contribution in [3.8, 4) is 0 Å². The molecule has 0 aromatic carbocycles. The average Bonchev–Trinajstić information content (AvgIpc) is 2.95. The van der Waals surface area contributed by atoms with E-state index in [1.54, 1.807) is 0 Å². The van der Waals surface area contributed by atoms with E-state index in [9.17, 15) is 0 Å². The zero-order valence-electron chi connectivity index (χ0n) is 10.1. The molecule has 0 unspecified atom stereocenters. The topological polar surface area (TPSA) is 29.9 Å². The Kier molecular flexibility index (Phi) is 2.51. The summed E-state index contributed by atoms with van der Waals surface area (Å²) in [5, 5.41) is 7.96. The Morgan fingerprint density at radius 3 is 2.81 bits per heavy atom. The van der Waals surface area contributed by atoms with E-state index < -0.39 is 0 Å². The Morgan fingerprint density at radius 2 is 2.31 bits per heavy atom. The maximum Gasteiger partial charge on any atom is 0.0521 e. The number of rotatable bonds is 5. The van der Waals surface area contributed by atoms with Crippen LogP contribution in [0.3, 0.4) is 0 Å². The first-order chi connectivity index (χ1) is 7.76. The van der Waals surface area contributed by atoms with Crippen molar-refractivity contribution in [3.05, 3.63) is 18.0 Å². The van der Waals surface area contributed by atoms with Gasteiger partial charge in [-0.05, 0) is 43.1 Å². The third-order valence-electron chi connectivity index (χ3n) is 4.09. The lowest BCUT2D eigenvalue weighted by Crippen LogP contribution is -2.42. The summed E-state index contributed by atoms with van der Waals surface area (Å²) < 4.78 is 1.91. The lowest BCUT2D eigenvalue weighted by Gasteiger charge is -2.42. The van der Waals surface area contributed by atoms with Crippen molar-refractivity contribution in [3.63, 3.8) is 0 Å². The van der Waals surface area contributed by atoms with Gasteiger partial charge in [-0.3, -0.25) is 4.68 Å². The SMILES string of the molecule is Cn1cc(CC2(CNC3CC3)CCC2)cn1. The van der Waals surface area contributed by atoms with Gasteiger partial charge in [0, 0.05) is 25.8 Å². The van der Waals surface area contributed by atoms with Gasteiger partial charge in [0.25, 0.3) is 0 Å². The fraction of sp³-hybridized carbons (Fsp3) is 0.769. The van der Waals surface area contributed by atoms with Gasteiger partial charge >= 0.3 is 0 Å². The average molecular weight is 219 g/mol. The molecular weight excluding hydrogens is 198 g/mol. The van der Waals surface area contributed by atoms with Crippen molar-refractivity contribution in [2.24, 2.45) is 12.5 Å². The van der Waals surface area contributed by atoms with E-state index in [1.807, 2.05) is 17.9 Å². The van der Waals surface area contributed by atoms with Gasteiger partial charge in [-0.25, -0.2) is 0 Å². The molecule has 16 heavy (non-hydrogen) atoms. The van der Waals surface area contributed by atoms with E-state index in [4.69, 9.17) is 0 Å². The van der Waals surface area contributed by atoms with E-state index >= 15 is 0 Å². The van der Waals surface area contributed by atoms with Crippen LogP contribution in [0.25, 0.3) is 0 Å². The van der Waals surface area contributed by atoms with E-state index in [2.05, 4.69) is 16.6 Å². The van der Waals surface area contributed by atoms with Crippen molar-refractivity contribution in [1.82, 2.24) is 15.1 Å². The van der Waals surface area contributed by atoms with Gasteiger partial charge < -0.3 is 5.32 Å². The second kappa shape index (κ2) is 3.88. The summed E-state index contributed by atoms with van der Waals surface area (Å²) in [6, 6.07) is 0.839. The first-order valence-electron chi connectivity index (χ1n) is 6.47. The van der Waals surface area contributed by atoms with Crippen molar-refractivity contribution < 1.29 is 0 Å². The van der Waals surface area contributed by atoms with E-state index in [0.29, 0.717) is 5.41 Å². The zero-order chi connectivity index (χ0) is 11.0. The number of aryl methyl sites for hydroxylation is 1. The lowest BCUT2D eigenvalue weighted by molar-refractivity contribution is 0.129. The Balaban J connectivity index is 1.60. The maximum atomic E-state index is 4.26. The second-order valence-electron chi connectivity index (χ2n) is 5.71. The molecule has 2 aliphatic rings. The molecule has 0 saturated heterocycles. The highest BCUT2D eigenvalue weighted by molar-refractivity contribution is 5.10. The van der Waals surface area contributed by atoms with Crippen LogP contribution >= 0.6 is 0 Å². The summed E-state index contributed by atoms with van der Waals surface area (Å²) in [5.41, 5.74) is 1.95. The molecule has 1 aromatic heterocycles. The third kappa shape index (κ3) is 2.14. The minimum absolute atomic E-state index is 0.547. The van der Waals surface area contributed by atoms with Crippen LogP contribution in [0.1, 0.15) is 37.7 Å². The van der Waals surface area contributed by atoms with E-state index in [-0.39, 0.29) is 0 Å². The van der Waals surface area contributed by atoms with Gasteiger partial charge in [0.2, 0.25) is 0 Å². The predicted octanol–water partition coefficient (Wildman–Crippen LogP) is 1.88. The van der Waals surface area contributed by atoms with Gasteiger partial charge in [-0.15, -0.1) is 0 Å². The summed E-state index contributed by atoms with van der Waals surface area (Å²) in [4.78, 5) is 0. The molecule has 3 nitrogen and oxygen atoms in total. The highest BCUT2D eigenvalue weighted by Crippen LogP contribution is 2.43. The molecule has 0 amide bonds. The molecule has 88 valence electrons. The van der Waals surface area contributed by atoms with Gasteiger partial charge in [0.1, 0.15) is 0 Å². The van der Waals surface area contributed by atoms with Crippen molar-refractivity contribution >= 4 is 0 Å². The summed E-state index contributed by atoms with van der Waals surface area (Å²) in [6.07, 6.45) is 12.4.